The van der Waals surface area contributed by atoms with Gasteiger partial charge in [0.25, 0.3) is 0 Å². The zero-order valence-electron chi connectivity index (χ0n) is 22.8. The van der Waals surface area contributed by atoms with Gasteiger partial charge in [0.05, 0.1) is 32.3 Å². The number of ketones is 1. The Kier molecular flexibility index (Phi) is 8.27. The molecule has 5 rings (SSSR count). The summed E-state index contributed by atoms with van der Waals surface area (Å²) in [6.07, 6.45) is 1.54. The van der Waals surface area contributed by atoms with Crippen LogP contribution in [-0.4, -0.2) is 32.6 Å². The van der Waals surface area contributed by atoms with E-state index < -0.39 is 11.9 Å². The first-order valence-corrected chi connectivity index (χ1v) is 13.7. The maximum atomic E-state index is 13.9. The minimum atomic E-state index is -0.663. The Hall–Kier alpha value is -4.03. The third-order valence-electron chi connectivity index (χ3n) is 7.60. The number of hydrogen-bond donors (Lipinski definition) is 1. The van der Waals surface area contributed by atoms with Crippen molar-refractivity contribution < 1.29 is 23.8 Å². The van der Waals surface area contributed by atoms with Crippen LogP contribution in [0.15, 0.2) is 95.3 Å². The molecule has 0 fully saturated rings. The molecule has 1 aliphatic heterocycles. The molecule has 1 aliphatic carbocycles. The van der Waals surface area contributed by atoms with Crippen LogP contribution in [0.5, 0.6) is 11.5 Å². The number of hydrogen-bond acceptors (Lipinski definition) is 6. The number of benzene rings is 3. The van der Waals surface area contributed by atoms with Gasteiger partial charge in [0.1, 0.15) is 0 Å². The van der Waals surface area contributed by atoms with Crippen LogP contribution in [0, 0.1) is 0 Å². The molecule has 0 bridgehead atoms. The van der Waals surface area contributed by atoms with Gasteiger partial charge in [0.2, 0.25) is 0 Å². The van der Waals surface area contributed by atoms with Crippen molar-refractivity contribution in [2.75, 3.05) is 20.8 Å². The second kappa shape index (κ2) is 12.0. The average Bonchev–Trinajstić information content (AvgIpc) is 2.96. The summed E-state index contributed by atoms with van der Waals surface area (Å²) in [6.45, 7) is 2.08. The number of halogens is 1. The van der Waals surface area contributed by atoms with Crippen molar-refractivity contribution in [2.45, 2.75) is 38.0 Å². The minimum Gasteiger partial charge on any atom is -0.493 e. The Morgan fingerprint density at radius 2 is 1.70 bits per heavy atom. The van der Waals surface area contributed by atoms with Gasteiger partial charge in [-0.2, -0.15) is 0 Å². The van der Waals surface area contributed by atoms with Gasteiger partial charge >= 0.3 is 5.97 Å². The molecule has 2 atom stereocenters. The van der Waals surface area contributed by atoms with E-state index in [2.05, 4.69) is 5.32 Å². The summed E-state index contributed by atoms with van der Waals surface area (Å²) in [4.78, 5) is 27.6. The second-order valence-electron chi connectivity index (χ2n) is 10.0. The zero-order valence-corrected chi connectivity index (χ0v) is 23.6. The molecule has 1 N–H and O–H groups in total. The predicted octanol–water partition coefficient (Wildman–Crippen LogP) is 6.50. The topological polar surface area (TPSA) is 73.9 Å². The maximum absolute atomic E-state index is 13.9. The summed E-state index contributed by atoms with van der Waals surface area (Å²) in [5, 5.41) is 4.06. The van der Waals surface area contributed by atoms with E-state index in [1.807, 2.05) is 73.7 Å². The molecule has 3 aromatic carbocycles. The van der Waals surface area contributed by atoms with E-state index in [0.29, 0.717) is 58.2 Å². The molecule has 0 spiro atoms. The van der Waals surface area contributed by atoms with Gasteiger partial charge in [0, 0.05) is 40.4 Å². The Labute approximate surface area is 239 Å². The molecule has 0 amide bonds. The van der Waals surface area contributed by atoms with Crippen LogP contribution in [0.1, 0.15) is 48.3 Å². The summed E-state index contributed by atoms with van der Waals surface area (Å²) in [5.41, 5.74) is 5.24. The fourth-order valence-corrected chi connectivity index (χ4v) is 5.84. The third kappa shape index (κ3) is 5.50. The van der Waals surface area contributed by atoms with Crippen LogP contribution >= 0.6 is 11.6 Å². The number of dihydropyridines is 1. The van der Waals surface area contributed by atoms with E-state index in [-0.39, 0.29) is 18.3 Å². The molecule has 206 valence electrons. The molecule has 3 aromatic rings. The predicted molar refractivity (Wildman–Crippen MR) is 155 cm³/mol. The van der Waals surface area contributed by atoms with Crippen molar-refractivity contribution in [3.63, 3.8) is 0 Å². The van der Waals surface area contributed by atoms with Crippen molar-refractivity contribution in [3.05, 3.63) is 117 Å². The van der Waals surface area contributed by atoms with E-state index in [9.17, 15) is 9.59 Å². The standard InChI is InChI=1S/C33H32ClNO5/c1-20-29(33(37)40-17-16-21-8-5-4-6-9-21)30(25-10-7-11-28(38-2)32(25)39-3)31-26(35-20)18-23(19-27(31)36)22-12-14-24(34)15-13-22/h4-15,23,30,35H,16-19H2,1-3H3/t23-,30-/m1/s1. The second-order valence-corrected chi connectivity index (χ2v) is 10.5. The third-order valence-corrected chi connectivity index (χ3v) is 7.85. The highest BCUT2D eigenvalue weighted by atomic mass is 35.5. The highest BCUT2D eigenvalue weighted by Crippen LogP contribution is 2.49. The quantitative estimate of drug-likeness (QED) is 0.318. The number of Topliss-reactive ketones (excluding diaryl/α,β-unsaturated/α-hetero) is 1. The van der Waals surface area contributed by atoms with Crippen molar-refractivity contribution >= 4 is 23.4 Å². The van der Waals surface area contributed by atoms with Crippen LogP contribution in [0.2, 0.25) is 5.02 Å². The van der Waals surface area contributed by atoms with Crippen molar-refractivity contribution in [1.29, 1.82) is 0 Å². The van der Waals surface area contributed by atoms with Gasteiger partial charge in [0.15, 0.2) is 17.3 Å². The number of nitrogens with one attached hydrogen (secondary N) is 1. The fraction of sp³-hybridized carbons (Fsp3) is 0.273. The number of carbonyl (C=O) groups is 2. The monoisotopic (exact) mass is 557 g/mol. The number of allylic oxidation sites excluding steroid dienone is 3. The van der Waals surface area contributed by atoms with Crippen LogP contribution in [0.4, 0.5) is 0 Å². The van der Waals surface area contributed by atoms with E-state index in [1.54, 1.807) is 20.3 Å². The minimum absolute atomic E-state index is 0.00366. The summed E-state index contributed by atoms with van der Waals surface area (Å²) in [5.74, 6) is -0.142. The first kappa shape index (κ1) is 27.5. The first-order valence-electron chi connectivity index (χ1n) is 13.3. The highest BCUT2D eigenvalue weighted by molar-refractivity contribution is 6.30. The van der Waals surface area contributed by atoms with E-state index in [0.717, 1.165) is 16.8 Å². The lowest BCUT2D eigenvalue weighted by atomic mass is 9.71. The van der Waals surface area contributed by atoms with Crippen molar-refractivity contribution in [3.8, 4) is 11.5 Å². The summed E-state index contributed by atoms with van der Waals surface area (Å²) >= 11 is 6.11. The van der Waals surface area contributed by atoms with Gasteiger partial charge < -0.3 is 19.5 Å². The molecular formula is C33H32ClNO5. The van der Waals surface area contributed by atoms with Gasteiger partial charge in [-0.15, -0.1) is 0 Å². The Morgan fingerprint density at radius 3 is 2.40 bits per heavy atom. The summed E-state index contributed by atoms with van der Waals surface area (Å²) in [7, 11) is 3.13. The van der Waals surface area contributed by atoms with Crippen LogP contribution in [0.25, 0.3) is 0 Å². The molecular weight excluding hydrogens is 526 g/mol. The molecule has 0 saturated carbocycles. The van der Waals surface area contributed by atoms with Gasteiger partial charge in [-0.05, 0) is 48.6 Å². The van der Waals surface area contributed by atoms with Crippen LogP contribution < -0.4 is 14.8 Å². The summed E-state index contributed by atoms with van der Waals surface area (Å²) < 4.78 is 17.1. The summed E-state index contributed by atoms with van der Waals surface area (Å²) in [6, 6.07) is 23.0. The molecule has 0 unspecified atom stereocenters. The van der Waals surface area contributed by atoms with E-state index in [1.165, 1.54) is 0 Å². The fourth-order valence-electron chi connectivity index (χ4n) is 5.71. The van der Waals surface area contributed by atoms with Gasteiger partial charge in [-0.1, -0.05) is 66.2 Å². The lowest BCUT2D eigenvalue weighted by molar-refractivity contribution is -0.139. The molecule has 7 heteroatoms. The van der Waals surface area contributed by atoms with Crippen molar-refractivity contribution in [2.24, 2.45) is 0 Å². The average molecular weight is 558 g/mol. The van der Waals surface area contributed by atoms with Crippen LogP contribution in [0.3, 0.4) is 0 Å². The Balaban J connectivity index is 1.53. The number of methoxy groups -OCH3 is 2. The van der Waals surface area contributed by atoms with E-state index in [4.69, 9.17) is 25.8 Å². The number of para-hydroxylation sites is 1. The number of rotatable bonds is 8. The lowest BCUT2D eigenvalue weighted by Gasteiger charge is -2.37. The van der Waals surface area contributed by atoms with E-state index >= 15 is 0 Å². The van der Waals surface area contributed by atoms with Crippen molar-refractivity contribution in [1.82, 2.24) is 5.32 Å². The Morgan fingerprint density at radius 1 is 0.950 bits per heavy atom. The largest absolute Gasteiger partial charge is 0.493 e. The SMILES string of the molecule is COc1cccc([C@@H]2C(C(=O)OCCc3ccccc3)=C(C)NC3=C2C(=O)C[C@H](c2ccc(Cl)cc2)C3)c1OC. The molecule has 0 aromatic heterocycles. The molecule has 0 radical (unpaired) electrons. The van der Waals surface area contributed by atoms with Crippen LogP contribution in [-0.2, 0) is 20.7 Å². The number of carbonyl (C=O) groups excluding carboxylic acids is 2. The van der Waals surface area contributed by atoms with Gasteiger partial charge in [-0.3, -0.25) is 4.79 Å². The highest BCUT2D eigenvalue weighted by Gasteiger charge is 2.42. The number of ether oxygens (including phenoxy) is 3. The van der Waals surface area contributed by atoms with Gasteiger partial charge in [-0.25, -0.2) is 4.79 Å². The molecule has 6 nitrogen and oxygen atoms in total. The Bertz CT molecular complexity index is 1480. The number of esters is 1. The normalized spacial score (nSPS) is 18.6. The first-order chi connectivity index (χ1) is 19.4. The molecule has 40 heavy (non-hydrogen) atoms. The molecule has 1 heterocycles. The lowest BCUT2D eigenvalue weighted by Crippen LogP contribution is -2.36. The maximum Gasteiger partial charge on any atom is 0.336 e. The smallest absolute Gasteiger partial charge is 0.336 e. The molecule has 2 aliphatic rings. The molecule has 0 saturated heterocycles. The zero-order chi connectivity index (χ0) is 28.2.